The maximum absolute atomic E-state index is 11.9. The van der Waals surface area contributed by atoms with Crippen LogP contribution in [0.1, 0.15) is 13.3 Å². The second-order valence-electron chi connectivity index (χ2n) is 4.11. The Morgan fingerprint density at radius 1 is 1.37 bits per heavy atom. The molecule has 5 heteroatoms. The second kappa shape index (κ2) is 6.95. The average molecular weight is 280 g/mol. The van der Waals surface area contributed by atoms with Crippen molar-refractivity contribution >= 4 is 15.8 Å². The molecule has 0 saturated heterocycles. The number of sulfone groups is 1. The third-order valence-corrected chi connectivity index (χ3v) is 4.22. The summed E-state index contributed by atoms with van der Waals surface area (Å²) in [6, 6.07) is 8.05. The number of hydrogen-bond acceptors (Lipinski definition) is 4. The summed E-state index contributed by atoms with van der Waals surface area (Å²) in [5.41, 5.74) is 0. The standard InChI is InChI=1S/C14H16O4S/c1-3-7-12(2)14(15)18-10-11-19(16,17)13-8-5-4-6-9-13/h1,4-6,8-9,12H,7,10-11H2,2H3/t12-/m1/s1. The Bertz CT molecular complexity index is 555. The first kappa shape index (κ1) is 15.3. The maximum Gasteiger partial charge on any atom is 0.309 e. The minimum atomic E-state index is -3.41. The summed E-state index contributed by atoms with van der Waals surface area (Å²) < 4.78 is 28.7. The normalized spacial score (nSPS) is 12.4. The molecular formula is C14H16O4S. The fourth-order valence-corrected chi connectivity index (χ4v) is 2.51. The van der Waals surface area contributed by atoms with Crippen molar-refractivity contribution in [1.82, 2.24) is 0 Å². The molecule has 0 radical (unpaired) electrons. The predicted octanol–water partition coefficient (Wildman–Crippen LogP) is 1.66. The van der Waals surface area contributed by atoms with E-state index in [1.807, 2.05) is 0 Å². The molecule has 0 aromatic heterocycles. The van der Waals surface area contributed by atoms with Gasteiger partial charge in [0.25, 0.3) is 0 Å². The molecule has 0 saturated carbocycles. The van der Waals surface area contributed by atoms with Crippen molar-refractivity contribution < 1.29 is 17.9 Å². The molecule has 0 aliphatic heterocycles. The number of esters is 1. The number of rotatable bonds is 6. The first-order valence-electron chi connectivity index (χ1n) is 5.85. The minimum Gasteiger partial charge on any atom is -0.464 e. The van der Waals surface area contributed by atoms with Gasteiger partial charge in [-0.3, -0.25) is 4.79 Å². The highest BCUT2D eigenvalue weighted by molar-refractivity contribution is 7.91. The Hall–Kier alpha value is -1.80. The van der Waals surface area contributed by atoms with E-state index in [2.05, 4.69) is 5.92 Å². The number of carbonyl (C=O) groups is 1. The third kappa shape index (κ3) is 4.76. The molecule has 1 rings (SSSR count). The van der Waals surface area contributed by atoms with Gasteiger partial charge in [0.1, 0.15) is 6.61 Å². The number of carbonyl (C=O) groups excluding carboxylic acids is 1. The van der Waals surface area contributed by atoms with Gasteiger partial charge >= 0.3 is 5.97 Å². The van der Waals surface area contributed by atoms with Crippen LogP contribution in [-0.4, -0.2) is 26.7 Å². The van der Waals surface area contributed by atoms with E-state index in [0.717, 1.165) is 0 Å². The van der Waals surface area contributed by atoms with E-state index in [9.17, 15) is 13.2 Å². The smallest absolute Gasteiger partial charge is 0.309 e. The first-order valence-corrected chi connectivity index (χ1v) is 7.50. The zero-order valence-electron chi connectivity index (χ0n) is 10.7. The van der Waals surface area contributed by atoms with Crippen LogP contribution >= 0.6 is 0 Å². The molecule has 102 valence electrons. The molecular weight excluding hydrogens is 264 g/mol. The molecule has 0 spiro atoms. The third-order valence-electron chi connectivity index (χ3n) is 2.53. The summed E-state index contributed by atoms with van der Waals surface area (Å²) in [6.07, 6.45) is 5.37. The van der Waals surface area contributed by atoms with Crippen molar-refractivity contribution in [3.63, 3.8) is 0 Å². The van der Waals surface area contributed by atoms with Gasteiger partial charge in [0.05, 0.1) is 16.6 Å². The highest BCUT2D eigenvalue weighted by atomic mass is 32.2. The highest BCUT2D eigenvalue weighted by Gasteiger charge is 2.17. The van der Waals surface area contributed by atoms with Gasteiger partial charge < -0.3 is 4.74 Å². The maximum atomic E-state index is 11.9. The second-order valence-corrected chi connectivity index (χ2v) is 6.22. The van der Waals surface area contributed by atoms with Crippen LogP contribution < -0.4 is 0 Å². The van der Waals surface area contributed by atoms with Crippen LogP contribution in [0.5, 0.6) is 0 Å². The summed E-state index contributed by atoms with van der Waals surface area (Å²) in [4.78, 5) is 11.7. The Kier molecular flexibility index (Phi) is 5.58. The minimum absolute atomic E-state index is 0.162. The van der Waals surface area contributed by atoms with Crippen molar-refractivity contribution in [2.45, 2.75) is 18.2 Å². The molecule has 1 aromatic carbocycles. The molecule has 0 N–H and O–H groups in total. The number of hydrogen-bond donors (Lipinski definition) is 0. The topological polar surface area (TPSA) is 60.4 Å². The van der Waals surface area contributed by atoms with Gasteiger partial charge in [-0.05, 0) is 12.1 Å². The van der Waals surface area contributed by atoms with E-state index >= 15 is 0 Å². The molecule has 1 aromatic rings. The fourth-order valence-electron chi connectivity index (χ4n) is 1.40. The fraction of sp³-hybridized carbons (Fsp3) is 0.357. The Balaban J connectivity index is 2.50. The van der Waals surface area contributed by atoms with Gasteiger partial charge in [-0.2, -0.15) is 0 Å². The van der Waals surface area contributed by atoms with E-state index in [0.29, 0.717) is 0 Å². The molecule has 0 aliphatic rings. The molecule has 1 atom stereocenters. The number of benzene rings is 1. The van der Waals surface area contributed by atoms with Gasteiger partial charge in [-0.15, -0.1) is 12.3 Å². The van der Waals surface area contributed by atoms with E-state index < -0.39 is 21.7 Å². The lowest BCUT2D eigenvalue weighted by Gasteiger charge is -2.09. The van der Waals surface area contributed by atoms with Crippen LogP contribution in [0.4, 0.5) is 0 Å². The Labute approximate surface area is 113 Å². The predicted molar refractivity (Wildman–Crippen MR) is 72.1 cm³/mol. The van der Waals surface area contributed by atoms with Crippen LogP contribution in [0.2, 0.25) is 0 Å². The van der Waals surface area contributed by atoms with Crippen LogP contribution in [0.3, 0.4) is 0 Å². The molecule has 0 bridgehead atoms. The number of ether oxygens (including phenoxy) is 1. The summed E-state index contributed by atoms with van der Waals surface area (Å²) in [7, 11) is -3.41. The molecule has 0 fully saturated rings. The van der Waals surface area contributed by atoms with Crippen molar-refractivity contribution in [1.29, 1.82) is 0 Å². The highest BCUT2D eigenvalue weighted by Crippen LogP contribution is 2.10. The van der Waals surface area contributed by atoms with Crippen LogP contribution in [-0.2, 0) is 19.4 Å². The van der Waals surface area contributed by atoms with Crippen LogP contribution in [0.15, 0.2) is 35.2 Å². The molecule has 0 amide bonds. The van der Waals surface area contributed by atoms with Crippen molar-refractivity contribution in [3.05, 3.63) is 30.3 Å². The summed E-state index contributed by atoms with van der Waals surface area (Å²) >= 11 is 0. The average Bonchev–Trinajstić information content (AvgIpc) is 2.39. The first-order chi connectivity index (χ1) is 8.97. The van der Waals surface area contributed by atoms with Crippen molar-refractivity contribution in [2.24, 2.45) is 5.92 Å². The lowest BCUT2D eigenvalue weighted by Crippen LogP contribution is -2.19. The summed E-state index contributed by atoms with van der Waals surface area (Å²) in [5, 5.41) is 0. The van der Waals surface area contributed by atoms with E-state index in [4.69, 9.17) is 11.2 Å². The van der Waals surface area contributed by atoms with Crippen LogP contribution in [0.25, 0.3) is 0 Å². The molecule has 19 heavy (non-hydrogen) atoms. The Morgan fingerprint density at radius 3 is 2.58 bits per heavy atom. The van der Waals surface area contributed by atoms with Gasteiger partial charge in [-0.1, -0.05) is 25.1 Å². The van der Waals surface area contributed by atoms with E-state index in [1.54, 1.807) is 25.1 Å². The summed E-state index contributed by atoms with van der Waals surface area (Å²) in [6.45, 7) is 1.48. The number of terminal acetylenes is 1. The van der Waals surface area contributed by atoms with Crippen molar-refractivity contribution in [2.75, 3.05) is 12.4 Å². The quantitative estimate of drug-likeness (QED) is 0.587. The molecule has 0 heterocycles. The lowest BCUT2D eigenvalue weighted by atomic mass is 10.1. The van der Waals surface area contributed by atoms with E-state index in [1.165, 1.54) is 12.1 Å². The molecule has 4 nitrogen and oxygen atoms in total. The van der Waals surface area contributed by atoms with Gasteiger partial charge in [0, 0.05) is 6.42 Å². The monoisotopic (exact) mass is 280 g/mol. The van der Waals surface area contributed by atoms with Gasteiger partial charge in [0.2, 0.25) is 0 Å². The molecule has 0 unspecified atom stereocenters. The zero-order chi connectivity index (χ0) is 14.3. The zero-order valence-corrected chi connectivity index (χ0v) is 11.5. The molecule has 0 aliphatic carbocycles. The lowest BCUT2D eigenvalue weighted by molar-refractivity contribution is -0.147. The van der Waals surface area contributed by atoms with Gasteiger partial charge in [0.15, 0.2) is 9.84 Å². The van der Waals surface area contributed by atoms with Crippen LogP contribution in [0, 0.1) is 18.3 Å². The SMILES string of the molecule is C#CC[C@@H](C)C(=O)OCCS(=O)(=O)c1ccccc1. The van der Waals surface area contributed by atoms with Gasteiger partial charge in [-0.25, -0.2) is 8.42 Å². The summed E-state index contributed by atoms with van der Waals surface area (Å²) in [5.74, 6) is 1.25. The van der Waals surface area contributed by atoms with E-state index in [-0.39, 0.29) is 23.7 Å². The van der Waals surface area contributed by atoms with Crippen molar-refractivity contribution in [3.8, 4) is 12.3 Å². The Morgan fingerprint density at radius 2 is 2.00 bits per heavy atom. The largest absolute Gasteiger partial charge is 0.464 e.